The molecule has 0 atom stereocenters. The summed E-state index contributed by atoms with van der Waals surface area (Å²) in [7, 11) is 0. The molecule has 0 aliphatic rings. The van der Waals surface area contributed by atoms with Crippen LogP contribution in [0.5, 0.6) is 5.75 Å². The van der Waals surface area contributed by atoms with Gasteiger partial charge in [0.05, 0.1) is 5.69 Å². The molecule has 0 saturated heterocycles. The van der Waals surface area contributed by atoms with E-state index in [0.717, 1.165) is 15.5 Å². The maximum absolute atomic E-state index is 12.1. The lowest BCUT2D eigenvalue weighted by molar-refractivity contribution is 0.234. The number of hydrogen-bond donors (Lipinski definition) is 2. The average Bonchev–Trinajstić information content (AvgIpc) is 2.66. The average molecular weight is 385 g/mol. The Morgan fingerprint density at radius 2 is 1.62 bits per heavy atom. The maximum atomic E-state index is 12.1. The number of nitrogens with one attached hydrogen (secondary N) is 2. The summed E-state index contributed by atoms with van der Waals surface area (Å²) in [6.07, 6.45) is 0. The van der Waals surface area contributed by atoms with Crippen LogP contribution in [0.4, 0.5) is 10.5 Å². The molecular formula is C20H17ClN2O2S. The summed E-state index contributed by atoms with van der Waals surface area (Å²) in [5, 5.41) is 6.16. The van der Waals surface area contributed by atoms with Crippen LogP contribution in [0.3, 0.4) is 0 Å². The summed E-state index contributed by atoms with van der Waals surface area (Å²) in [6.45, 7) is 0.0570. The fourth-order valence-corrected chi connectivity index (χ4v) is 3.21. The SMILES string of the molecule is O=C(NCOc1ccc(Cl)cc1)Nc1ccccc1Sc1ccccc1. The van der Waals surface area contributed by atoms with E-state index in [1.54, 1.807) is 36.0 Å². The quantitative estimate of drug-likeness (QED) is 0.540. The minimum absolute atomic E-state index is 0.0570. The first kappa shape index (κ1) is 18.2. The molecule has 3 aromatic carbocycles. The van der Waals surface area contributed by atoms with Crippen molar-refractivity contribution in [3.63, 3.8) is 0 Å². The van der Waals surface area contributed by atoms with Crippen molar-refractivity contribution in [2.45, 2.75) is 9.79 Å². The summed E-state index contributed by atoms with van der Waals surface area (Å²) in [4.78, 5) is 14.2. The zero-order valence-electron chi connectivity index (χ0n) is 13.8. The van der Waals surface area contributed by atoms with E-state index in [-0.39, 0.29) is 12.8 Å². The van der Waals surface area contributed by atoms with E-state index < -0.39 is 0 Å². The van der Waals surface area contributed by atoms with E-state index in [9.17, 15) is 4.79 Å². The van der Waals surface area contributed by atoms with E-state index in [0.29, 0.717) is 10.8 Å². The first-order valence-corrected chi connectivity index (χ1v) is 9.15. The van der Waals surface area contributed by atoms with Crippen molar-refractivity contribution in [2.24, 2.45) is 0 Å². The molecule has 0 heterocycles. The van der Waals surface area contributed by atoms with Gasteiger partial charge in [-0.2, -0.15) is 0 Å². The smallest absolute Gasteiger partial charge is 0.321 e. The summed E-state index contributed by atoms with van der Waals surface area (Å²) < 4.78 is 5.46. The molecule has 0 radical (unpaired) electrons. The van der Waals surface area contributed by atoms with Crippen LogP contribution in [-0.4, -0.2) is 12.8 Å². The van der Waals surface area contributed by atoms with Crippen LogP contribution in [0.2, 0.25) is 5.02 Å². The van der Waals surface area contributed by atoms with Gasteiger partial charge in [-0.05, 0) is 48.5 Å². The Balaban J connectivity index is 1.55. The van der Waals surface area contributed by atoms with Crippen LogP contribution in [-0.2, 0) is 0 Å². The minimum Gasteiger partial charge on any atom is -0.473 e. The molecule has 132 valence electrons. The molecular weight excluding hydrogens is 368 g/mol. The number of hydrogen-bond acceptors (Lipinski definition) is 3. The lowest BCUT2D eigenvalue weighted by Crippen LogP contribution is -2.32. The van der Waals surface area contributed by atoms with Crippen LogP contribution < -0.4 is 15.4 Å². The van der Waals surface area contributed by atoms with Gasteiger partial charge >= 0.3 is 6.03 Å². The standard InChI is InChI=1S/C20H17ClN2O2S/c21-15-10-12-16(13-11-15)25-14-22-20(24)23-18-8-4-5-9-19(18)26-17-6-2-1-3-7-17/h1-13H,14H2,(H2,22,23,24). The molecule has 26 heavy (non-hydrogen) atoms. The Bertz CT molecular complexity index is 857. The van der Waals surface area contributed by atoms with E-state index in [1.807, 2.05) is 54.6 Å². The van der Waals surface area contributed by atoms with Crippen molar-refractivity contribution < 1.29 is 9.53 Å². The van der Waals surface area contributed by atoms with Crippen LogP contribution in [0.1, 0.15) is 0 Å². The van der Waals surface area contributed by atoms with Gasteiger partial charge in [-0.15, -0.1) is 0 Å². The Morgan fingerprint density at radius 1 is 0.923 bits per heavy atom. The van der Waals surface area contributed by atoms with E-state index in [2.05, 4.69) is 10.6 Å². The Kier molecular flexibility index (Phi) is 6.41. The first-order chi connectivity index (χ1) is 12.7. The molecule has 0 unspecified atom stereocenters. The number of anilines is 1. The second-order valence-corrected chi connectivity index (χ2v) is 6.84. The lowest BCUT2D eigenvalue weighted by atomic mass is 10.3. The molecule has 0 spiro atoms. The van der Waals surface area contributed by atoms with Crippen molar-refractivity contribution in [1.82, 2.24) is 5.32 Å². The Morgan fingerprint density at radius 3 is 2.38 bits per heavy atom. The highest BCUT2D eigenvalue weighted by atomic mass is 35.5. The van der Waals surface area contributed by atoms with Crippen LogP contribution in [0.15, 0.2) is 88.7 Å². The molecule has 0 saturated carbocycles. The molecule has 2 amide bonds. The third-order valence-electron chi connectivity index (χ3n) is 3.39. The van der Waals surface area contributed by atoms with Gasteiger partial charge in [0.1, 0.15) is 5.75 Å². The van der Waals surface area contributed by atoms with E-state index >= 15 is 0 Å². The zero-order valence-corrected chi connectivity index (χ0v) is 15.4. The summed E-state index contributed by atoms with van der Waals surface area (Å²) in [5.74, 6) is 0.634. The van der Waals surface area contributed by atoms with Gasteiger partial charge in [-0.25, -0.2) is 4.79 Å². The summed E-state index contributed by atoms with van der Waals surface area (Å²) in [6, 6.07) is 24.3. The predicted octanol–water partition coefficient (Wildman–Crippen LogP) is 5.65. The number of carbonyl (C=O) groups is 1. The van der Waals surface area contributed by atoms with Crippen molar-refractivity contribution in [3.05, 3.63) is 83.9 Å². The molecule has 3 rings (SSSR count). The van der Waals surface area contributed by atoms with Crippen LogP contribution in [0.25, 0.3) is 0 Å². The molecule has 3 aromatic rings. The highest BCUT2D eigenvalue weighted by Gasteiger charge is 2.07. The molecule has 0 bridgehead atoms. The van der Waals surface area contributed by atoms with Gasteiger partial charge < -0.3 is 15.4 Å². The fourth-order valence-electron chi connectivity index (χ4n) is 2.16. The minimum atomic E-state index is -0.333. The van der Waals surface area contributed by atoms with Crippen molar-refractivity contribution in [2.75, 3.05) is 12.0 Å². The Hall–Kier alpha value is -2.63. The van der Waals surface area contributed by atoms with Gasteiger partial charge in [0.15, 0.2) is 6.73 Å². The van der Waals surface area contributed by atoms with Crippen LogP contribution >= 0.6 is 23.4 Å². The number of benzene rings is 3. The summed E-state index contributed by atoms with van der Waals surface area (Å²) in [5.41, 5.74) is 0.741. The molecule has 0 aromatic heterocycles. The van der Waals surface area contributed by atoms with E-state index in [4.69, 9.17) is 16.3 Å². The number of halogens is 1. The van der Waals surface area contributed by atoms with Crippen LogP contribution in [0, 0.1) is 0 Å². The molecule has 0 aliphatic carbocycles. The third-order valence-corrected chi connectivity index (χ3v) is 4.73. The largest absolute Gasteiger partial charge is 0.473 e. The van der Waals surface area contributed by atoms with Crippen molar-refractivity contribution >= 4 is 35.1 Å². The number of urea groups is 1. The third kappa shape index (κ3) is 5.44. The topological polar surface area (TPSA) is 50.4 Å². The molecule has 6 heteroatoms. The normalized spacial score (nSPS) is 10.2. The second kappa shape index (κ2) is 9.17. The van der Waals surface area contributed by atoms with Gasteiger partial charge in [-0.1, -0.05) is 53.7 Å². The van der Waals surface area contributed by atoms with Gasteiger partial charge in [0, 0.05) is 14.8 Å². The number of carbonyl (C=O) groups excluding carboxylic acids is 1. The van der Waals surface area contributed by atoms with Gasteiger partial charge in [0.25, 0.3) is 0 Å². The lowest BCUT2D eigenvalue weighted by Gasteiger charge is -2.12. The zero-order chi connectivity index (χ0) is 18.2. The monoisotopic (exact) mass is 384 g/mol. The fraction of sp³-hybridized carbons (Fsp3) is 0.0500. The van der Waals surface area contributed by atoms with E-state index in [1.165, 1.54) is 0 Å². The first-order valence-electron chi connectivity index (χ1n) is 7.96. The second-order valence-electron chi connectivity index (χ2n) is 5.28. The van der Waals surface area contributed by atoms with Gasteiger partial charge in [-0.3, -0.25) is 0 Å². The predicted molar refractivity (Wildman–Crippen MR) is 106 cm³/mol. The number of para-hydroxylation sites is 1. The highest BCUT2D eigenvalue weighted by Crippen LogP contribution is 2.33. The molecule has 4 nitrogen and oxygen atoms in total. The van der Waals surface area contributed by atoms with Gasteiger partial charge in [0.2, 0.25) is 0 Å². The highest BCUT2D eigenvalue weighted by molar-refractivity contribution is 7.99. The molecule has 0 aliphatic heterocycles. The maximum Gasteiger partial charge on any atom is 0.321 e. The number of ether oxygens (including phenoxy) is 1. The molecule has 0 fully saturated rings. The number of amides is 2. The Labute approximate surface area is 161 Å². The van der Waals surface area contributed by atoms with Crippen molar-refractivity contribution in [1.29, 1.82) is 0 Å². The summed E-state index contributed by atoms with van der Waals surface area (Å²) >= 11 is 7.41. The van der Waals surface area contributed by atoms with Crippen molar-refractivity contribution in [3.8, 4) is 5.75 Å². The number of rotatable bonds is 6. The molecule has 2 N–H and O–H groups in total.